The van der Waals surface area contributed by atoms with Crippen LogP contribution in [0.5, 0.6) is 11.5 Å². The largest absolute Gasteiger partial charge is 0.504 e. The van der Waals surface area contributed by atoms with Gasteiger partial charge in [0, 0.05) is 11.6 Å². The van der Waals surface area contributed by atoms with Crippen LogP contribution in [0.15, 0.2) is 24.5 Å². The highest BCUT2D eigenvalue weighted by atomic mass is 16.5. The molecule has 7 heteroatoms. The lowest BCUT2D eigenvalue weighted by molar-refractivity contribution is 0.0937. The molecule has 1 aromatic carbocycles. The predicted molar refractivity (Wildman–Crippen MR) is 88.1 cm³/mol. The third-order valence-corrected chi connectivity index (χ3v) is 4.50. The van der Waals surface area contributed by atoms with Gasteiger partial charge in [-0.05, 0) is 38.0 Å². The molecule has 1 saturated carbocycles. The zero-order valence-electron chi connectivity index (χ0n) is 13.9. The summed E-state index contributed by atoms with van der Waals surface area (Å²) < 4.78 is 7.12. The lowest BCUT2D eigenvalue weighted by Crippen LogP contribution is -2.29. The molecule has 0 bridgehead atoms. The molecule has 1 fully saturated rings. The standard InChI is InChI=1S/C17H22N4O3/c1-11(16-20-18-10-21(16)13-5-3-4-6-13)19-17(23)12-7-8-14(22)15(9-12)24-2/h7-11,13,22H,3-6H2,1-2H3,(H,19,23)/t11-/m1/s1. The molecule has 0 unspecified atom stereocenters. The Hall–Kier alpha value is -2.57. The highest BCUT2D eigenvalue weighted by Crippen LogP contribution is 2.31. The lowest BCUT2D eigenvalue weighted by Gasteiger charge is -2.19. The highest BCUT2D eigenvalue weighted by Gasteiger charge is 2.23. The minimum Gasteiger partial charge on any atom is -0.504 e. The monoisotopic (exact) mass is 330 g/mol. The molecule has 2 N–H and O–H groups in total. The molecule has 0 radical (unpaired) electrons. The van der Waals surface area contributed by atoms with Crippen LogP contribution in [0.4, 0.5) is 0 Å². The smallest absolute Gasteiger partial charge is 0.252 e. The summed E-state index contributed by atoms with van der Waals surface area (Å²) in [4.78, 5) is 12.5. The SMILES string of the molecule is COc1cc(C(=O)N[C@H](C)c2nncn2C2CCCC2)ccc1O. The second-order valence-corrected chi connectivity index (χ2v) is 6.12. The molecule has 1 heterocycles. The predicted octanol–water partition coefficient (Wildman–Crippen LogP) is 2.60. The van der Waals surface area contributed by atoms with Crippen molar-refractivity contribution < 1.29 is 14.6 Å². The van der Waals surface area contributed by atoms with E-state index in [9.17, 15) is 9.90 Å². The van der Waals surface area contributed by atoms with Gasteiger partial charge in [0.2, 0.25) is 0 Å². The molecule has 1 atom stereocenters. The van der Waals surface area contributed by atoms with E-state index in [-0.39, 0.29) is 23.4 Å². The van der Waals surface area contributed by atoms with Crippen LogP contribution in [0.25, 0.3) is 0 Å². The maximum atomic E-state index is 12.5. The Bertz CT molecular complexity index is 722. The number of aromatic hydroxyl groups is 1. The number of amides is 1. The van der Waals surface area contributed by atoms with Crippen LogP contribution >= 0.6 is 0 Å². The van der Waals surface area contributed by atoms with Crippen molar-refractivity contribution in [1.29, 1.82) is 0 Å². The number of nitrogens with one attached hydrogen (secondary N) is 1. The number of carbonyl (C=O) groups excluding carboxylic acids is 1. The maximum absolute atomic E-state index is 12.5. The maximum Gasteiger partial charge on any atom is 0.252 e. The Balaban J connectivity index is 1.74. The molecule has 0 saturated heterocycles. The molecule has 24 heavy (non-hydrogen) atoms. The lowest BCUT2D eigenvalue weighted by atomic mass is 10.1. The van der Waals surface area contributed by atoms with Gasteiger partial charge in [-0.2, -0.15) is 0 Å². The molecule has 1 aliphatic carbocycles. The molecule has 3 rings (SSSR count). The van der Waals surface area contributed by atoms with E-state index in [4.69, 9.17) is 4.74 Å². The van der Waals surface area contributed by atoms with Crippen molar-refractivity contribution in [2.75, 3.05) is 7.11 Å². The summed E-state index contributed by atoms with van der Waals surface area (Å²) in [5, 5.41) is 20.8. The fourth-order valence-electron chi connectivity index (χ4n) is 3.19. The summed E-state index contributed by atoms with van der Waals surface area (Å²) in [6.07, 6.45) is 6.44. The van der Waals surface area contributed by atoms with Crippen LogP contribution in [0.3, 0.4) is 0 Å². The van der Waals surface area contributed by atoms with Gasteiger partial charge in [0.05, 0.1) is 13.2 Å². The van der Waals surface area contributed by atoms with Crippen molar-refractivity contribution in [2.24, 2.45) is 0 Å². The van der Waals surface area contributed by atoms with Crippen LogP contribution in [-0.4, -0.2) is 32.9 Å². The normalized spacial score (nSPS) is 16.1. The van der Waals surface area contributed by atoms with E-state index in [1.165, 1.54) is 32.1 Å². The highest BCUT2D eigenvalue weighted by molar-refractivity contribution is 5.95. The summed E-state index contributed by atoms with van der Waals surface area (Å²) in [5.74, 6) is 0.787. The summed E-state index contributed by atoms with van der Waals surface area (Å²) in [6, 6.07) is 4.67. The van der Waals surface area contributed by atoms with E-state index in [0.29, 0.717) is 11.6 Å². The van der Waals surface area contributed by atoms with Gasteiger partial charge in [-0.25, -0.2) is 0 Å². The number of aromatic nitrogens is 3. The average Bonchev–Trinajstić information content (AvgIpc) is 3.25. The molecule has 2 aromatic rings. The summed E-state index contributed by atoms with van der Waals surface area (Å²) >= 11 is 0. The Kier molecular flexibility index (Phi) is 4.69. The van der Waals surface area contributed by atoms with Crippen molar-refractivity contribution in [3.63, 3.8) is 0 Å². The topological polar surface area (TPSA) is 89.3 Å². The van der Waals surface area contributed by atoms with Crippen molar-refractivity contribution in [2.45, 2.75) is 44.7 Å². The fraction of sp³-hybridized carbons (Fsp3) is 0.471. The van der Waals surface area contributed by atoms with E-state index in [1.54, 1.807) is 12.4 Å². The summed E-state index contributed by atoms with van der Waals surface area (Å²) in [6.45, 7) is 1.89. The molecule has 1 amide bonds. The van der Waals surface area contributed by atoms with Gasteiger partial charge in [0.15, 0.2) is 17.3 Å². The number of phenols is 1. The second kappa shape index (κ2) is 6.90. The number of nitrogens with zero attached hydrogens (tertiary/aromatic N) is 3. The number of methoxy groups -OCH3 is 1. The van der Waals surface area contributed by atoms with Gasteiger partial charge in [-0.1, -0.05) is 12.8 Å². The Labute approximate surface area is 140 Å². The van der Waals surface area contributed by atoms with E-state index in [1.807, 2.05) is 6.92 Å². The van der Waals surface area contributed by atoms with Gasteiger partial charge in [0.1, 0.15) is 6.33 Å². The van der Waals surface area contributed by atoms with Crippen molar-refractivity contribution in [3.8, 4) is 11.5 Å². The average molecular weight is 330 g/mol. The van der Waals surface area contributed by atoms with Crippen molar-refractivity contribution >= 4 is 5.91 Å². The van der Waals surface area contributed by atoms with Gasteiger partial charge in [0.25, 0.3) is 5.91 Å². The van der Waals surface area contributed by atoms with E-state index >= 15 is 0 Å². The number of hydrogen-bond acceptors (Lipinski definition) is 5. The van der Waals surface area contributed by atoms with E-state index in [0.717, 1.165) is 18.7 Å². The van der Waals surface area contributed by atoms with E-state index < -0.39 is 0 Å². The first-order chi connectivity index (χ1) is 11.6. The molecule has 7 nitrogen and oxygen atoms in total. The molecular weight excluding hydrogens is 308 g/mol. The van der Waals surface area contributed by atoms with Crippen molar-refractivity contribution in [1.82, 2.24) is 20.1 Å². The Morgan fingerprint density at radius 1 is 1.42 bits per heavy atom. The molecule has 1 aliphatic rings. The minimum absolute atomic E-state index is 0.00285. The first-order valence-corrected chi connectivity index (χ1v) is 8.17. The van der Waals surface area contributed by atoms with Gasteiger partial charge < -0.3 is 19.7 Å². The van der Waals surface area contributed by atoms with Crippen LogP contribution in [0.2, 0.25) is 0 Å². The number of ether oxygens (including phenoxy) is 1. The summed E-state index contributed by atoms with van der Waals surface area (Å²) in [7, 11) is 1.45. The number of rotatable bonds is 5. The third kappa shape index (κ3) is 3.20. The van der Waals surface area contributed by atoms with Gasteiger partial charge in [-0.3, -0.25) is 4.79 Å². The van der Waals surface area contributed by atoms with Crippen LogP contribution in [0, 0.1) is 0 Å². The van der Waals surface area contributed by atoms with Crippen LogP contribution < -0.4 is 10.1 Å². The number of phenolic OH excluding ortho intramolecular Hbond substituents is 1. The summed E-state index contributed by atoms with van der Waals surface area (Å²) in [5.41, 5.74) is 0.420. The third-order valence-electron chi connectivity index (χ3n) is 4.50. The zero-order valence-corrected chi connectivity index (χ0v) is 13.9. The molecule has 0 spiro atoms. The first kappa shape index (κ1) is 16.3. The molecule has 1 aromatic heterocycles. The van der Waals surface area contributed by atoms with Crippen LogP contribution in [-0.2, 0) is 0 Å². The fourth-order valence-corrected chi connectivity index (χ4v) is 3.19. The zero-order chi connectivity index (χ0) is 17.1. The molecule has 128 valence electrons. The number of benzene rings is 1. The molecule has 0 aliphatic heterocycles. The van der Waals surface area contributed by atoms with Crippen LogP contribution in [0.1, 0.15) is 60.9 Å². The molecular formula is C17H22N4O3. The number of hydrogen-bond donors (Lipinski definition) is 2. The van der Waals surface area contributed by atoms with Crippen molar-refractivity contribution in [3.05, 3.63) is 35.9 Å². The minimum atomic E-state index is -0.264. The Morgan fingerprint density at radius 2 is 2.17 bits per heavy atom. The van der Waals surface area contributed by atoms with Gasteiger partial charge in [-0.15, -0.1) is 10.2 Å². The Morgan fingerprint density at radius 3 is 2.88 bits per heavy atom. The quantitative estimate of drug-likeness (QED) is 0.879. The van der Waals surface area contributed by atoms with Gasteiger partial charge >= 0.3 is 0 Å². The second-order valence-electron chi connectivity index (χ2n) is 6.12. The van der Waals surface area contributed by atoms with E-state index in [2.05, 4.69) is 20.1 Å². The number of carbonyl (C=O) groups is 1. The first-order valence-electron chi connectivity index (χ1n) is 8.17.